The second-order valence-corrected chi connectivity index (χ2v) is 8.24. The molecule has 21 heavy (non-hydrogen) atoms. The van der Waals surface area contributed by atoms with E-state index in [1.807, 2.05) is 20.8 Å². The topological polar surface area (TPSA) is 92.4 Å². The highest BCUT2D eigenvalue weighted by Crippen LogP contribution is 2.25. The van der Waals surface area contributed by atoms with Gasteiger partial charge in [-0.1, -0.05) is 41.5 Å². The summed E-state index contributed by atoms with van der Waals surface area (Å²) in [6.45, 7) is 12.6. The number of rotatable bonds is 7. The summed E-state index contributed by atoms with van der Waals surface area (Å²) < 4.78 is 0. The van der Waals surface area contributed by atoms with Crippen molar-refractivity contribution in [3.8, 4) is 0 Å². The summed E-state index contributed by atoms with van der Waals surface area (Å²) in [7, 11) is 0. The van der Waals surface area contributed by atoms with E-state index in [-0.39, 0.29) is 35.7 Å². The van der Waals surface area contributed by atoms with Crippen LogP contribution < -0.4 is 11.1 Å². The molecule has 0 saturated carbocycles. The molecule has 1 amide bonds. The molecule has 4 N–H and O–H groups in total. The van der Waals surface area contributed by atoms with Crippen LogP contribution >= 0.6 is 0 Å². The molecule has 0 aromatic carbocycles. The van der Waals surface area contributed by atoms with Crippen LogP contribution in [0.25, 0.3) is 0 Å². The smallest absolute Gasteiger partial charge is 0.308 e. The number of nitrogens with one attached hydrogen (secondary N) is 1. The summed E-state index contributed by atoms with van der Waals surface area (Å²) in [5.41, 5.74) is 5.59. The molecular formula is C16H32N2O3. The standard InChI is InChI=1S/C16H32N2O3/c1-15(2,3)7-11(9-17)13(19)18-10-12(14(20)21)8-16(4,5)6/h11-12H,7-10,17H2,1-6H3,(H,18,19)(H,20,21). The minimum atomic E-state index is -0.870. The molecule has 5 heteroatoms. The third-order valence-corrected chi connectivity index (χ3v) is 3.24. The zero-order chi connectivity index (χ0) is 16.8. The first kappa shape index (κ1) is 19.9. The number of hydrogen-bond acceptors (Lipinski definition) is 3. The average molecular weight is 300 g/mol. The average Bonchev–Trinajstić information content (AvgIpc) is 2.28. The molecule has 0 radical (unpaired) electrons. The van der Waals surface area contributed by atoms with Gasteiger partial charge in [-0.25, -0.2) is 0 Å². The predicted molar refractivity (Wildman–Crippen MR) is 84.8 cm³/mol. The van der Waals surface area contributed by atoms with Gasteiger partial charge in [0.05, 0.1) is 11.8 Å². The highest BCUT2D eigenvalue weighted by atomic mass is 16.4. The van der Waals surface area contributed by atoms with Gasteiger partial charge in [0.15, 0.2) is 0 Å². The molecule has 0 heterocycles. The number of carbonyl (C=O) groups is 2. The fourth-order valence-electron chi connectivity index (χ4n) is 2.38. The Morgan fingerprint density at radius 2 is 1.43 bits per heavy atom. The second-order valence-electron chi connectivity index (χ2n) is 8.24. The van der Waals surface area contributed by atoms with Crippen molar-refractivity contribution in [2.75, 3.05) is 13.1 Å². The Morgan fingerprint density at radius 1 is 1.00 bits per heavy atom. The molecule has 0 aliphatic rings. The molecule has 0 fully saturated rings. The largest absolute Gasteiger partial charge is 0.481 e. The fraction of sp³-hybridized carbons (Fsp3) is 0.875. The lowest BCUT2D eigenvalue weighted by atomic mass is 9.83. The van der Waals surface area contributed by atoms with Crippen LogP contribution in [0, 0.1) is 22.7 Å². The van der Waals surface area contributed by atoms with Gasteiger partial charge < -0.3 is 16.2 Å². The van der Waals surface area contributed by atoms with E-state index < -0.39 is 11.9 Å². The summed E-state index contributed by atoms with van der Waals surface area (Å²) in [6, 6.07) is 0. The first-order chi connectivity index (χ1) is 9.35. The molecule has 124 valence electrons. The maximum absolute atomic E-state index is 12.2. The number of amides is 1. The van der Waals surface area contributed by atoms with Gasteiger partial charge in [-0.3, -0.25) is 9.59 Å². The minimum absolute atomic E-state index is 0.0129. The quantitative estimate of drug-likeness (QED) is 0.672. The molecule has 0 bridgehead atoms. The summed E-state index contributed by atoms with van der Waals surface area (Å²) in [6.07, 6.45) is 1.21. The highest BCUT2D eigenvalue weighted by molar-refractivity contribution is 5.79. The maximum atomic E-state index is 12.2. The van der Waals surface area contributed by atoms with Crippen molar-refractivity contribution < 1.29 is 14.7 Å². The number of carboxylic acid groups (broad SMARTS) is 1. The van der Waals surface area contributed by atoms with Crippen molar-refractivity contribution in [2.45, 2.75) is 54.4 Å². The van der Waals surface area contributed by atoms with Crippen molar-refractivity contribution in [1.82, 2.24) is 5.32 Å². The number of carbonyl (C=O) groups excluding carboxylic acids is 1. The van der Waals surface area contributed by atoms with Gasteiger partial charge in [0.25, 0.3) is 0 Å². The Labute approximate surface area is 128 Å². The summed E-state index contributed by atoms with van der Waals surface area (Å²) >= 11 is 0. The molecule has 0 spiro atoms. The molecule has 2 atom stereocenters. The maximum Gasteiger partial charge on any atom is 0.308 e. The van der Waals surface area contributed by atoms with E-state index in [4.69, 9.17) is 5.73 Å². The number of nitrogens with two attached hydrogens (primary N) is 1. The van der Waals surface area contributed by atoms with E-state index in [9.17, 15) is 14.7 Å². The summed E-state index contributed by atoms with van der Waals surface area (Å²) in [5.74, 6) is -1.85. The van der Waals surface area contributed by atoms with Crippen molar-refractivity contribution in [3.05, 3.63) is 0 Å². The third kappa shape index (κ3) is 9.45. The Hall–Kier alpha value is -1.10. The van der Waals surface area contributed by atoms with Gasteiger partial charge in [0.2, 0.25) is 5.91 Å². The van der Waals surface area contributed by atoms with E-state index in [0.717, 1.165) is 0 Å². The van der Waals surface area contributed by atoms with E-state index >= 15 is 0 Å². The molecule has 0 rings (SSSR count). The molecule has 0 aliphatic heterocycles. The van der Waals surface area contributed by atoms with Crippen LogP contribution in [0.4, 0.5) is 0 Å². The molecule has 0 aliphatic carbocycles. The number of aliphatic carboxylic acids is 1. The zero-order valence-electron chi connectivity index (χ0n) is 14.3. The van der Waals surface area contributed by atoms with Crippen LogP contribution in [0.5, 0.6) is 0 Å². The first-order valence-electron chi connectivity index (χ1n) is 7.56. The molecule has 0 aromatic heterocycles. The van der Waals surface area contributed by atoms with Gasteiger partial charge >= 0.3 is 5.97 Å². The Bertz CT molecular complexity index is 354. The highest BCUT2D eigenvalue weighted by Gasteiger charge is 2.27. The predicted octanol–water partition coefficient (Wildman–Crippen LogP) is 2.25. The molecule has 0 aromatic rings. The van der Waals surface area contributed by atoms with Crippen LogP contribution in [-0.4, -0.2) is 30.1 Å². The number of hydrogen-bond donors (Lipinski definition) is 3. The first-order valence-corrected chi connectivity index (χ1v) is 7.56. The SMILES string of the molecule is CC(C)(C)CC(CNC(=O)C(CN)CC(C)(C)C)C(=O)O. The van der Waals surface area contributed by atoms with Gasteiger partial charge in [-0.2, -0.15) is 0 Å². The van der Waals surface area contributed by atoms with Crippen molar-refractivity contribution in [1.29, 1.82) is 0 Å². The van der Waals surface area contributed by atoms with Crippen molar-refractivity contribution >= 4 is 11.9 Å². The lowest BCUT2D eigenvalue weighted by Gasteiger charge is -2.26. The van der Waals surface area contributed by atoms with Crippen molar-refractivity contribution in [2.24, 2.45) is 28.4 Å². The van der Waals surface area contributed by atoms with Gasteiger partial charge in [0, 0.05) is 13.1 Å². The lowest BCUT2D eigenvalue weighted by Crippen LogP contribution is -2.41. The summed E-state index contributed by atoms with van der Waals surface area (Å²) in [5, 5.41) is 12.0. The Morgan fingerprint density at radius 3 is 1.76 bits per heavy atom. The van der Waals surface area contributed by atoms with Crippen LogP contribution in [0.3, 0.4) is 0 Å². The fourth-order valence-corrected chi connectivity index (χ4v) is 2.38. The van der Waals surface area contributed by atoms with Crippen LogP contribution in [-0.2, 0) is 9.59 Å². The van der Waals surface area contributed by atoms with Crippen LogP contribution in [0.2, 0.25) is 0 Å². The van der Waals surface area contributed by atoms with E-state index in [1.54, 1.807) is 0 Å². The lowest BCUT2D eigenvalue weighted by molar-refractivity contribution is -0.142. The second kappa shape index (κ2) is 7.78. The van der Waals surface area contributed by atoms with Crippen LogP contribution in [0.15, 0.2) is 0 Å². The molecular weight excluding hydrogens is 268 g/mol. The molecule has 5 nitrogen and oxygen atoms in total. The molecule has 2 unspecified atom stereocenters. The number of carboxylic acids is 1. The monoisotopic (exact) mass is 300 g/mol. The Balaban J connectivity index is 4.57. The van der Waals surface area contributed by atoms with E-state index in [1.165, 1.54) is 0 Å². The van der Waals surface area contributed by atoms with Gasteiger partial charge in [0.1, 0.15) is 0 Å². The minimum Gasteiger partial charge on any atom is -0.481 e. The van der Waals surface area contributed by atoms with E-state index in [2.05, 4.69) is 26.1 Å². The molecule has 0 saturated heterocycles. The van der Waals surface area contributed by atoms with Gasteiger partial charge in [-0.15, -0.1) is 0 Å². The van der Waals surface area contributed by atoms with E-state index in [0.29, 0.717) is 12.8 Å². The van der Waals surface area contributed by atoms with Crippen LogP contribution in [0.1, 0.15) is 54.4 Å². The third-order valence-electron chi connectivity index (χ3n) is 3.24. The summed E-state index contributed by atoms with van der Waals surface area (Å²) in [4.78, 5) is 23.4. The van der Waals surface area contributed by atoms with Crippen molar-refractivity contribution in [3.63, 3.8) is 0 Å². The Kier molecular flexibility index (Phi) is 7.37. The normalized spacial score (nSPS) is 15.4. The zero-order valence-corrected chi connectivity index (χ0v) is 14.3. The van der Waals surface area contributed by atoms with Gasteiger partial charge in [-0.05, 0) is 23.7 Å².